The van der Waals surface area contributed by atoms with Crippen molar-refractivity contribution in [1.82, 2.24) is 5.32 Å². The van der Waals surface area contributed by atoms with Gasteiger partial charge in [0.1, 0.15) is 5.82 Å². The molecule has 1 amide bonds. The first-order valence-electron chi connectivity index (χ1n) is 10.6. The van der Waals surface area contributed by atoms with Crippen LogP contribution in [-0.2, 0) is 16.0 Å². The molecule has 0 fully saturated rings. The van der Waals surface area contributed by atoms with Crippen LogP contribution in [0.1, 0.15) is 18.4 Å². The van der Waals surface area contributed by atoms with Crippen molar-refractivity contribution in [2.24, 2.45) is 15.6 Å². The van der Waals surface area contributed by atoms with Gasteiger partial charge in [-0.1, -0.05) is 41.9 Å². The van der Waals surface area contributed by atoms with Crippen LogP contribution in [0.15, 0.2) is 77.1 Å². The number of allylic oxidation sites excluding steroid dienone is 1. The van der Waals surface area contributed by atoms with Crippen LogP contribution in [0.4, 0.5) is 4.39 Å². The number of carboxylic acids is 1. The van der Waals surface area contributed by atoms with E-state index in [-0.39, 0.29) is 25.8 Å². The Hall–Kier alpha value is -3.36. The Kier molecular flexibility index (Phi) is 8.31. The van der Waals surface area contributed by atoms with Crippen molar-refractivity contribution in [2.75, 3.05) is 13.2 Å². The predicted octanol–water partition coefficient (Wildman–Crippen LogP) is 4.55. The summed E-state index contributed by atoms with van der Waals surface area (Å²) in [6, 6.07) is 10.7. The molecule has 0 radical (unpaired) electrons. The van der Waals surface area contributed by atoms with Crippen molar-refractivity contribution in [3.63, 3.8) is 0 Å². The van der Waals surface area contributed by atoms with Crippen LogP contribution in [0, 0.1) is 11.2 Å². The zero-order valence-corrected chi connectivity index (χ0v) is 19.1. The summed E-state index contributed by atoms with van der Waals surface area (Å²) < 4.78 is 14.2. The second-order valence-electron chi connectivity index (χ2n) is 8.21. The van der Waals surface area contributed by atoms with E-state index >= 15 is 0 Å². The highest BCUT2D eigenvalue weighted by molar-refractivity contribution is 6.30. The van der Waals surface area contributed by atoms with Crippen molar-refractivity contribution in [3.05, 3.63) is 83.3 Å². The first-order valence-corrected chi connectivity index (χ1v) is 11.0. The minimum atomic E-state index is -1.50. The summed E-state index contributed by atoms with van der Waals surface area (Å²) in [5.74, 6) is -1.98. The smallest absolute Gasteiger partial charge is 0.312 e. The Morgan fingerprint density at radius 3 is 2.59 bits per heavy atom. The summed E-state index contributed by atoms with van der Waals surface area (Å²) in [4.78, 5) is 24.7. The largest absolute Gasteiger partial charge is 0.481 e. The third-order valence-electron chi connectivity index (χ3n) is 5.77. The van der Waals surface area contributed by atoms with Crippen molar-refractivity contribution >= 4 is 23.5 Å². The van der Waals surface area contributed by atoms with Crippen LogP contribution in [0.2, 0.25) is 5.02 Å². The molecule has 3 N–H and O–H groups in total. The number of nitrogens with one attached hydrogen (secondary N) is 1. The van der Waals surface area contributed by atoms with Gasteiger partial charge in [-0.3, -0.25) is 9.59 Å². The fourth-order valence-corrected chi connectivity index (χ4v) is 4.05. The molecule has 3 rings (SSSR count). The summed E-state index contributed by atoms with van der Waals surface area (Å²) in [6.45, 7) is 3.15. The number of hydrogen-bond acceptors (Lipinski definition) is 5. The van der Waals surface area contributed by atoms with Crippen molar-refractivity contribution in [3.8, 4) is 11.1 Å². The third kappa shape index (κ3) is 5.95. The van der Waals surface area contributed by atoms with E-state index in [1.54, 1.807) is 24.3 Å². The summed E-state index contributed by atoms with van der Waals surface area (Å²) in [6.07, 6.45) is 3.10. The van der Waals surface area contributed by atoms with Crippen LogP contribution in [0.5, 0.6) is 0 Å². The average molecular weight is 486 g/mol. The number of aliphatic hydroxyl groups is 1. The lowest BCUT2D eigenvalue weighted by Gasteiger charge is -2.31. The minimum Gasteiger partial charge on any atom is -0.481 e. The van der Waals surface area contributed by atoms with Gasteiger partial charge >= 0.3 is 5.97 Å². The zero-order chi connectivity index (χ0) is 24.7. The minimum absolute atomic E-state index is 0.0250. The monoisotopic (exact) mass is 485 g/mol. The fourth-order valence-electron chi connectivity index (χ4n) is 3.88. The van der Waals surface area contributed by atoms with Gasteiger partial charge in [0.05, 0.1) is 30.3 Å². The van der Waals surface area contributed by atoms with Gasteiger partial charge in [0.15, 0.2) is 0 Å². The molecular formula is C25H25ClFN3O4. The summed E-state index contributed by atoms with van der Waals surface area (Å²) in [5.41, 5.74) is 0.654. The molecule has 0 saturated carbocycles. The fraction of sp³-hybridized carbons (Fsp3) is 0.280. The standard InChI is InChI=1S/C25H25ClFN3O4/c1-2-9-25(15-31,24(33)34)12-20(30-23(32)18-13-28-29-14-18)10-16-3-5-17(6-4-16)21-11-19(26)7-8-22(21)27/h2-8,11,13,20,31H,1,9-10,12,14-15H2,(H,30,32)(H,33,34)/t20-,25?/m1/s1. The van der Waals surface area contributed by atoms with Crippen molar-refractivity contribution in [1.29, 1.82) is 0 Å². The first kappa shape index (κ1) is 25.3. The molecule has 7 nitrogen and oxygen atoms in total. The number of benzene rings is 2. The lowest BCUT2D eigenvalue weighted by Crippen LogP contribution is -2.45. The van der Waals surface area contributed by atoms with Crippen molar-refractivity contribution in [2.45, 2.75) is 25.3 Å². The van der Waals surface area contributed by atoms with Crippen LogP contribution >= 0.6 is 11.6 Å². The van der Waals surface area contributed by atoms with Gasteiger partial charge in [-0.05, 0) is 48.6 Å². The molecule has 1 aliphatic rings. The SMILES string of the molecule is C=CCC(CO)(C[C@@H](Cc1ccc(-c2cc(Cl)ccc2F)cc1)NC(=O)C1=CN=NC1)C(=O)O. The number of carbonyl (C=O) groups is 2. The van der Waals surface area contributed by atoms with Gasteiger partial charge in [-0.25, -0.2) is 4.39 Å². The Morgan fingerprint density at radius 2 is 2.00 bits per heavy atom. The van der Waals surface area contributed by atoms with E-state index in [1.165, 1.54) is 30.5 Å². The number of amides is 1. The highest BCUT2D eigenvalue weighted by Gasteiger charge is 2.39. The van der Waals surface area contributed by atoms with Crippen LogP contribution in [0.3, 0.4) is 0 Å². The van der Waals surface area contributed by atoms with Gasteiger partial charge < -0.3 is 15.5 Å². The second kappa shape index (κ2) is 11.2. The molecule has 2 atom stereocenters. The summed E-state index contributed by atoms with van der Waals surface area (Å²) >= 11 is 6.00. The van der Waals surface area contributed by atoms with Gasteiger partial charge in [0, 0.05) is 16.6 Å². The third-order valence-corrected chi connectivity index (χ3v) is 6.00. The lowest BCUT2D eigenvalue weighted by atomic mass is 9.78. The summed E-state index contributed by atoms with van der Waals surface area (Å²) in [5, 5.41) is 30.5. The van der Waals surface area contributed by atoms with Gasteiger partial charge in [0.2, 0.25) is 0 Å². The Morgan fingerprint density at radius 1 is 1.26 bits per heavy atom. The van der Waals surface area contributed by atoms with E-state index in [0.717, 1.165) is 5.56 Å². The number of aliphatic carboxylic acids is 1. The number of carboxylic acid groups (broad SMARTS) is 1. The van der Waals surface area contributed by atoms with E-state index in [0.29, 0.717) is 21.7 Å². The first-order chi connectivity index (χ1) is 16.3. The van der Waals surface area contributed by atoms with E-state index in [2.05, 4.69) is 22.1 Å². The Bertz CT molecular complexity index is 1130. The number of azo groups is 1. The molecule has 0 bridgehead atoms. The molecule has 34 heavy (non-hydrogen) atoms. The molecule has 0 aromatic heterocycles. The molecule has 1 heterocycles. The molecular weight excluding hydrogens is 461 g/mol. The van der Waals surface area contributed by atoms with E-state index in [1.807, 2.05) is 0 Å². The molecule has 0 spiro atoms. The number of rotatable bonds is 11. The maximum Gasteiger partial charge on any atom is 0.312 e. The molecule has 2 aromatic carbocycles. The average Bonchev–Trinajstić information content (AvgIpc) is 3.36. The second-order valence-corrected chi connectivity index (χ2v) is 8.64. The maximum atomic E-state index is 14.2. The van der Waals surface area contributed by atoms with Gasteiger partial charge in [0.25, 0.3) is 5.91 Å². The van der Waals surface area contributed by atoms with Crippen molar-refractivity contribution < 1.29 is 24.2 Å². The number of aliphatic hydroxyl groups excluding tert-OH is 1. The lowest BCUT2D eigenvalue weighted by molar-refractivity contribution is -0.152. The normalized spacial score (nSPS) is 15.3. The van der Waals surface area contributed by atoms with E-state index in [4.69, 9.17) is 11.6 Å². The molecule has 178 valence electrons. The Balaban J connectivity index is 1.85. The molecule has 0 saturated heterocycles. The van der Waals surface area contributed by atoms with Gasteiger partial charge in [-0.2, -0.15) is 10.2 Å². The highest BCUT2D eigenvalue weighted by atomic mass is 35.5. The quantitative estimate of drug-likeness (QED) is 0.405. The number of carbonyl (C=O) groups excluding carboxylic acids is 1. The van der Waals surface area contributed by atoms with Crippen LogP contribution in [0.25, 0.3) is 11.1 Å². The van der Waals surface area contributed by atoms with Gasteiger partial charge in [-0.15, -0.1) is 6.58 Å². The molecule has 2 aromatic rings. The maximum absolute atomic E-state index is 14.2. The number of hydrogen-bond donors (Lipinski definition) is 3. The predicted molar refractivity (Wildman–Crippen MR) is 127 cm³/mol. The summed E-state index contributed by atoms with van der Waals surface area (Å²) in [7, 11) is 0. The molecule has 9 heteroatoms. The molecule has 1 unspecified atom stereocenters. The number of halogens is 2. The van der Waals surface area contributed by atoms with E-state index in [9.17, 15) is 24.2 Å². The van der Waals surface area contributed by atoms with E-state index < -0.39 is 35.8 Å². The van der Waals surface area contributed by atoms with Crippen LogP contribution in [-0.4, -0.2) is 41.3 Å². The molecule has 1 aliphatic heterocycles. The highest BCUT2D eigenvalue weighted by Crippen LogP contribution is 2.31. The topological polar surface area (TPSA) is 111 Å². The number of nitrogens with zero attached hydrogens (tertiary/aromatic N) is 2. The molecule has 0 aliphatic carbocycles. The zero-order valence-electron chi connectivity index (χ0n) is 18.4. The Labute approximate surface area is 201 Å². The van der Waals surface area contributed by atoms with Crippen LogP contribution < -0.4 is 5.32 Å².